The molecule has 1 N–H and O–H groups in total. The van der Waals surface area contributed by atoms with Gasteiger partial charge in [-0.2, -0.15) is 13.2 Å². The Morgan fingerprint density at radius 3 is 2.41 bits per heavy atom. The number of hydrogen-bond donors (Lipinski definition) is 1. The van der Waals surface area contributed by atoms with E-state index < -0.39 is 32.7 Å². The molecule has 0 atom stereocenters. The molecule has 0 aliphatic heterocycles. The minimum Gasteiger partial charge on any atom is -0.295 e. The van der Waals surface area contributed by atoms with E-state index in [-0.39, 0.29) is 27.5 Å². The van der Waals surface area contributed by atoms with Crippen LogP contribution in [0.25, 0.3) is 16.8 Å². The maximum absolute atomic E-state index is 14.5. The molecule has 144 valence electrons. The lowest BCUT2D eigenvalue weighted by Crippen LogP contribution is -2.12. The zero-order valence-corrected chi connectivity index (χ0v) is 15.6. The van der Waals surface area contributed by atoms with E-state index >= 15 is 0 Å². The molecule has 0 saturated heterocycles. The Balaban J connectivity index is 2.32. The van der Waals surface area contributed by atoms with E-state index in [0.29, 0.717) is 6.07 Å². The molecule has 0 fully saturated rings. The fourth-order valence-electron chi connectivity index (χ4n) is 2.54. The molecule has 27 heavy (non-hydrogen) atoms. The van der Waals surface area contributed by atoms with Gasteiger partial charge in [-0.3, -0.25) is 9.12 Å². The van der Waals surface area contributed by atoms with Crippen molar-refractivity contribution < 1.29 is 26.0 Å². The van der Waals surface area contributed by atoms with Crippen molar-refractivity contribution in [3.63, 3.8) is 0 Å². The molecule has 0 unspecified atom stereocenters. The summed E-state index contributed by atoms with van der Waals surface area (Å²) in [6.45, 7) is 0. The molecule has 0 amide bonds. The topological polar surface area (TPSA) is 63.5 Å². The van der Waals surface area contributed by atoms with Gasteiger partial charge in [-0.05, 0) is 18.2 Å². The van der Waals surface area contributed by atoms with Crippen LogP contribution in [0.3, 0.4) is 0 Å². The third kappa shape index (κ3) is 3.83. The van der Waals surface area contributed by atoms with Crippen LogP contribution in [0.15, 0.2) is 30.6 Å². The van der Waals surface area contributed by atoms with E-state index in [4.69, 9.17) is 23.2 Å². The van der Waals surface area contributed by atoms with E-state index in [9.17, 15) is 26.0 Å². The number of hydrogen-bond acceptors (Lipinski definition) is 3. The molecule has 3 aromatic rings. The van der Waals surface area contributed by atoms with E-state index in [1.54, 1.807) is 0 Å². The number of sulfonamides is 1. The van der Waals surface area contributed by atoms with Crippen molar-refractivity contribution in [3.8, 4) is 11.1 Å². The fraction of sp³-hybridized carbons (Fsp3) is 0.133. The number of anilines is 1. The van der Waals surface area contributed by atoms with Crippen LogP contribution in [0.4, 0.5) is 23.2 Å². The summed E-state index contributed by atoms with van der Waals surface area (Å²) in [5.74, 6) is -0.911. The Kier molecular flexibility index (Phi) is 4.77. The SMILES string of the molecule is CS(=O)(=O)Nc1cc(-c2c(Cl)cc(C(F)(F)F)n3ccnc23)c(F)cc1Cl. The maximum Gasteiger partial charge on any atom is 0.431 e. The van der Waals surface area contributed by atoms with Gasteiger partial charge >= 0.3 is 6.18 Å². The molecule has 3 rings (SSSR count). The van der Waals surface area contributed by atoms with Gasteiger partial charge in [0.05, 0.1) is 22.0 Å². The van der Waals surface area contributed by atoms with Crippen LogP contribution < -0.4 is 4.72 Å². The van der Waals surface area contributed by atoms with Crippen molar-refractivity contribution >= 4 is 44.6 Å². The van der Waals surface area contributed by atoms with E-state index in [0.717, 1.165) is 35.2 Å². The Bertz CT molecular complexity index is 1160. The Hall–Kier alpha value is -2.04. The molecular formula is C15H9Cl2F4N3O2S. The first-order valence-electron chi connectivity index (χ1n) is 7.08. The smallest absolute Gasteiger partial charge is 0.295 e. The first-order chi connectivity index (χ1) is 12.4. The summed E-state index contributed by atoms with van der Waals surface area (Å²) in [6, 6.07) is 2.52. The normalized spacial score (nSPS) is 12.6. The second kappa shape index (κ2) is 6.54. The van der Waals surface area contributed by atoms with Crippen LogP contribution in [-0.2, 0) is 16.2 Å². The minimum atomic E-state index is -4.72. The van der Waals surface area contributed by atoms with Crippen LogP contribution >= 0.6 is 23.2 Å². The molecule has 0 radical (unpaired) electrons. The molecule has 1 aromatic carbocycles. The number of nitrogens with one attached hydrogen (secondary N) is 1. The number of pyridine rings is 1. The zero-order chi connectivity index (χ0) is 20.1. The number of aromatic nitrogens is 2. The highest BCUT2D eigenvalue weighted by Crippen LogP contribution is 2.41. The number of alkyl halides is 3. The highest BCUT2D eigenvalue weighted by Gasteiger charge is 2.35. The van der Waals surface area contributed by atoms with Crippen LogP contribution in [0.2, 0.25) is 10.0 Å². The summed E-state index contributed by atoms with van der Waals surface area (Å²) in [6.07, 6.45) is -1.69. The van der Waals surface area contributed by atoms with E-state index in [1.807, 2.05) is 0 Å². The lowest BCUT2D eigenvalue weighted by atomic mass is 10.0. The number of halogens is 6. The van der Waals surface area contributed by atoms with Crippen LogP contribution in [0, 0.1) is 5.82 Å². The summed E-state index contributed by atoms with van der Waals surface area (Å²) in [5.41, 5.74) is -1.90. The van der Waals surface area contributed by atoms with E-state index in [1.165, 1.54) is 0 Å². The standard InChI is InChI=1S/C15H9Cl2F4N3O2S/c1-27(25,26)23-11-4-7(10(18)5-8(11)16)13-9(17)6-12(15(19,20)21)24-3-2-22-14(13)24/h2-6,23H,1H3. The second-order valence-corrected chi connectivity index (χ2v) is 8.12. The monoisotopic (exact) mass is 441 g/mol. The van der Waals surface area contributed by atoms with Gasteiger partial charge in [-0.1, -0.05) is 23.2 Å². The van der Waals surface area contributed by atoms with Crippen LogP contribution in [-0.4, -0.2) is 24.1 Å². The predicted octanol–water partition coefficient (Wildman–Crippen LogP) is 4.84. The number of benzene rings is 1. The van der Waals surface area contributed by atoms with Gasteiger partial charge in [0.15, 0.2) is 0 Å². The summed E-state index contributed by atoms with van der Waals surface area (Å²) in [7, 11) is -3.74. The molecule has 0 bridgehead atoms. The van der Waals surface area contributed by atoms with Crippen molar-refractivity contribution in [3.05, 3.63) is 52.1 Å². The van der Waals surface area contributed by atoms with Crippen molar-refractivity contribution in [2.24, 2.45) is 0 Å². The van der Waals surface area contributed by atoms with Gasteiger partial charge in [0, 0.05) is 23.5 Å². The average molecular weight is 442 g/mol. The summed E-state index contributed by atoms with van der Waals surface area (Å²) in [5, 5.41) is -0.642. The molecule has 5 nitrogen and oxygen atoms in total. The Morgan fingerprint density at radius 2 is 1.81 bits per heavy atom. The molecule has 2 aromatic heterocycles. The number of rotatable bonds is 3. The maximum atomic E-state index is 14.5. The van der Waals surface area contributed by atoms with Crippen LogP contribution in [0.1, 0.15) is 5.69 Å². The van der Waals surface area contributed by atoms with Gasteiger partial charge in [-0.25, -0.2) is 17.8 Å². The first kappa shape index (κ1) is 19.7. The Morgan fingerprint density at radius 1 is 1.15 bits per heavy atom. The van der Waals surface area contributed by atoms with Gasteiger partial charge < -0.3 is 0 Å². The number of fused-ring (bicyclic) bond motifs is 1. The van der Waals surface area contributed by atoms with Gasteiger partial charge in [0.25, 0.3) is 0 Å². The largest absolute Gasteiger partial charge is 0.431 e. The van der Waals surface area contributed by atoms with Gasteiger partial charge in [0.1, 0.15) is 17.2 Å². The molecule has 0 spiro atoms. The Labute approximate surface area is 160 Å². The molecular weight excluding hydrogens is 433 g/mol. The average Bonchev–Trinajstić information content (AvgIpc) is 2.96. The summed E-state index contributed by atoms with van der Waals surface area (Å²) in [4.78, 5) is 3.84. The third-order valence-electron chi connectivity index (χ3n) is 3.54. The van der Waals surface area contributed by atoms with Crippen LogP contribution in [0.5, 0.6) is 0 Å². The van der Waals surface area contributed by atoms with E-state index in [2.05, 4.69) is 9.71 Å². The second-order valence-electron chi connectivity index (χ2n) is 5.56. The number of imidazole rings is 1. The predicted molar refractivity (Wildman–Crippen MR) is 94.1 cm³/mol. The lowest BCUT2D eigenvalue weighted by molar-refractivity contribution is -0.142. The van der Waals surface area contributed by atoms with Gasteiger partial charge in [0.2, 0.25) is 10.0 Å². The quantitative estimate of drug-likeness (QED) is 0.591. The third-order valence-corrected chi connectivity index (χ3v) is 4.74. The van der Waals surface area contributed by atoms with Crippen molar-refractivity contribution in [1.29, 1.82) is 0 Å². The molecule has 0 aliphatic carbocycles. The lowest BCUT2D eigenvalue weighted by Gasteiger charge is -2.16. The van der Waals surface area contributed by atoms with Crippen molar-refractivity contribution in [2.45, 2.75) is 6.18 Å². The van der Waals surface area contributed by atoms with Crippen molar-refractivity contribution in [2.75, 3.05) is 11.0 Å². The molecule has 2 heterocycles. The first-order valence-corrected chi connectivity index (χ1v) is 9.73. The highest BCUT2D eigenvalue weighted by atomic mass is 35.5. The number of nitrogens with zero attached hydrogens (tertiary/aromatic N) is 2. The minimum absolute atomic E-state index is 0.139. The van der Waals surface area contributed by atoms with Crippen molar-refractivity contribution in [1.82, 2.24) is 9.38 Å². The zero-order valence-electron chi connectivity index (χ0n) is 13.3. The molecule has 0 aliphatic rings. The highest BCUT2D eigenvalue weighted by molar-refractivity contribution is 7.92. The molecule has 12 heteroatoms. The fourth-order valence-corrected chi connectivity index (χ4v) is 3.65. The summed E-state index contributed by atoms with van der Waals surface area (Å²) >= 11 is 11.9. The molecule has 0 saturated carbocycles. The summed E-state index contributed by atoms with van der Waals surface area (Å²) < 4.78 is 79.9. The van der Waals surface area contributed by atoms with Gasteiger partial charge in [-0.15, -0.1) is 0 Å².